The van der Waals surface area contributed by atoms with Gasteiger partial charge in [0.05, 0.1) is 5.69 Å². The molecule has 0 aliphatic rings. The smallest absolute Gasteiger partial charge is 0.0705 e. The highest BCUT2D eigenvalue weighted by Gasteiger charge is 2.02. The third-order valence-electron chi connectivity index (χ3n) is 2.47. The van der Waals surface area contributed by atoms with Crippen LogP contribution in [0.2, 0.25) is 0 Å². The third-order valence-corrected chi connectivity index (χ3v) is 2.47. The second-order valence-corrected chi connectivity index (χ2v) is 3.49. The second-order valence-electron chi connectivity index (χ2n) is 3.49. The highest BCUT2D eigenvalue weighted by Crippen LogP contribution is 2.24. The molecule has 15 heavy (non-hydrogen) atoms. The van der Waals surface area contributed by atoms with Crippen LogP contribution in [0.15, 0.2) is 42.6 Å². The zero-order valence-corrected chi connectivity index (χ0v) is 8.99. The molecule has 1 N–H and O–H groups in total. The Morgan fingerprint density at radius 3 is 2.67 bits per heavy atom. The number of benzene rings is 1. The van der Waals surface area contributed by atoms with Crippen LogP contribution in [0.25, 0.3) is 11.3 Å². The standard InChI is InChI=1S/C13H14N2/c1-10-6-7-11(14-2)9-12(10)13-5-3-4-8-15-13/h3-9,14H,1-2H3. The lowest BCUT2D eigenvalue weighted by Crippen LogP contribution is -1.91. The molecule has 0 aliphatic heterocycles. The zero-order chi connectivity index (χ0) is 10.7. The van der Waals surface area contributed by atoms with Gasteiger partial charge >= 0.3 is 0 Å². The Hall–Kier alpha value is -1.83. The summed E-state index contributed by atoms with van der Waals surface area (Å²) in [5.41, 5.74) is 4.56. The summed E-state index contributed by atoms with van der Waals surface area (Å²) in [6, 6.07) is 12.3. The van der Waals surface area contributed by atoms with Gasteiger partial charge in [-0.1, -0.05) is 12.1 Å². The van der Waals surface area contributed by atoms with Crippen molar-refractivity contribution in [1.82, 2.24) is 4.98 Å². The molecule has 0 bridgehead atoms. The highest BCUT2D eigenvalue weighted by molar-refractivity contribution is 5.68. The van der Waals surface area contributed by atoms with Crippen LogP contribution in [-0.2, 0) is 0 Å². The molecule has 1 heterocycles. The third kappa shape index (κ3) is 1.99. The summed E-state index contributed by atoms with van der Waals surface area (Å²) in [5.74, 6) is 0. The first-order chi connectivity index (χ1) is 7.31. The maximum absolute atomic E-state index is 4.36. The summed E-state index contributed by atoms with van der Waals surface area (Å²) in [5, 5.41) is 3.14. The number of hydrogen-bond donors (Lipinski definition) is 1. The van der Waals surface area contributed by atoms with Gasteiger partial charge in [0.1, 0.15) is 0 Å². The van der Waals surface area contributed by atoms with Crippen molar-refractivity contribution in [3.8, 4) is 11.3 Å². The number of hydrogen-bond acceptors (Lipinski definition) is 2. The highest BCUT2D eigenvalue weighted by atomic mass is 14.8. The minimum absolute atomic E-state index is 1.02. The van der Waals surface area contributed by atoms with Crippen LogP contribution in [0.3, 0.4) is 0 Å². The summed E-state index contributed by atoms with van der Waals surface area (Å²) < 4.78 is 0. The van der Waals surface area contributed by atoms with E-state index in [9.17, 15) is 0 Å². The number of nitrogens with zero attached hydrogens (tertiary/aromatic N) is 1. The average molecular weight is 198 g/mol. The van der Waals surface area contributed by atoms with E-state index in [0.717, 1.165) is 11.4 Å². The van der Waals surface area contributed by atoms with E-state index in [1.807, 2.05) is 31.4 Å². The van der Waals surface area contributed by atoms with Gasteiger partial charge in [0.2, 0.25) is 0 Å². The molecule has 0 saturated heterocycles. The van der Waals surface area contributed by atoms with E-state index in [0.29, 0.717) is 0 Å². The Kier molecular flexibility index (Phi) is 2.68. The van der Waals surface area contributed by atoms with Crippen LogP contribution < -0.4 is 5.32 Å². The van der Waals surface area contributed by atoms with E-state index < -0.39 is 0 Å². The Labute approximate surface area is 90.0 Å². The van der Waals surface area contributed by atoms with E-state index in [1.54, 1.807) is 0 Å². The van der Waals surface area contributed by atoms with Crippen LogP contribution in [0.5, 0.6) is 0 Å². The number of aryl methyl sites for hydroxylation is 1. The number of aromatic nitrogens is 1. The molecule has 1 aromatic carbocycles. The van der Waals surface area contributed by atoms with Crippen molar-refractivity contribution < 1.29 is 0 Å². The summed E-state index contributed by atoms with van der Waals surface area (Å²) >= 11 is 0. The minimum atomic E-state index is 1.02. The summed E-state index contributed by atoms with van der Waals surface area (Å²) in [6.07, 6.45) is 1.82. The molecule has 0 aliphatic carbocycles. The first kappa shape index (κ1) is 9.71. The average Bonchev–Trinajstić information content (AvgIpc) is 2.31. The first-order valence-electron chi connectivity index (χ1n) is 5.01. The van der Waals surface area contributed by atoms with E-state index in [2.05, 4.69) is 35.4 Å². The predicted molar refractivity (Wildman–Crippen MR) is 64.0 cm³/mol. The molecule has 2 heteroatoms. The van der Waals surface area contributed by atoms with E-state index in [-0.39, 0.29) is 0 Å². The van der Waals surface area contributed by atoms with Gasteiger partial charge in [-0.25, -0.2) is 0 Å². The summed E-state index contributed by atoms with van der Waals surface area (Å²) in [6.45, 7) is 2.10. The van der Waals surface area contributed by atoms with Gasteiger partial charge in [0.25, 0.3) is 0 Å². The van der Waals surface area contributed by atoms with Crippen molar-refractivity contribution in [2.75, 3.05) is 12.4 Å². The van der Waals surface area contributed by atoms with Gasteiger partial charge in [-0.3, -0.25) is 4.98 Å². The molecular weight excluding hydrogens is 184 g/mol. The quantitative estimate of drug-likeness (QED) is 0.802. The van der Waals surface area contributed by atoms with Crippen LogP contribution in [0.4, 0.5) is 5.69 Å². The lowest BCUT2D eigenvalue weighted by Gasteiger charge is -2.07. The Morgan fingerprint density at radius 2 is 2.00 bits per heavy atom. The molecule has 0 unspecified atom stereocenters. The van der Waals surface area contributed by atoms with Crippen molar-refractivity contribution >= 4 is 5.69 Å². The van der Waals surface area contributed by atoms with Crippen molar-refractivity contribution in [3.05, 3.63) is 48.2 Å². The zero-order valence-electron chi connectivity index (χ0n) is 8.99. The van der Waals surface area contributed by atoms with Crippen molar-refractivity contribution in [1.29, 1.82) is 0 Å². The molecule has 0 saturated carbocycles. The SMILES string of the molecule is CNc1ccc(C)c(-c2ccccn2)c1. The molecule has 0 fully saturated rings. The van der Waals surface area contributed by atoms with Crippen LogP contribution >= 0.6 is 0 Å². The predicted octanol–water partition coefficient (Wildman–Crippen LogP) is 3.10. The summed E-state index contributed by atoms with van der Waals surface area (Å²) in [7, 11) is 1.92. The Morgan fingerprint density at radius 1 is 1.13 bits per heavy atom. The molecule has 0 atom stereocenters. The first-order valence-corrected chi connectivity index (χ1v) is 5.01. The Balaban J connectivity index is 2.52. The molecule has 0 amide bonds. The van der Waals surface area contributed by atoms with Crippen LogP contribution in [0, 0.1) is 6.92 Å². The van der Waals surface area contributed by atoms with Crippen molar-refractivity contribution in [2.24, 2.45) is 0 Å². The molecule has 1 aromatic heterocycles. The maximum Gasteiger partial charge on any atom is 0.0705 e. The molecule has 2 nitrogen and oxygen atoms in total. The van der Waals surface area contributed by atoms with Crippen molar-refractivity contribution in [2.45, 2.75) is 6.92 Å². The fourth-order valence-electron chi connectivity index (χ4n) is 1.58. The summed E-state index contributed by atoms with van der Waals surface area (Å²) in [4.78, 5) is 4.36. The number of nitrogens with one attached hydrogen (secondary N) is 1. The molecule has 0 radical (unpaired) electrons. The van der Waals surface area contributed by atoms with Crippen LogP contribution in [0.1, 0.15) is 5.56 Å². The normalized spacial score (nSPS) is 10.0. The largest absolute Gasteiger partial charge is 0.388 e. The second kappa shape index (κ2) is 4.13. The van der Waals surface area contributed by atoms with Gasteiger partial charge in [0.15, 0.2) is 0 Å². The number of rotatable bonds is 2. The number of pyridine rings is 1. The van der Waals surface area contributed by atoms with Gasteiger partial charge in [-0.05, 0) is 36.8 Å². The molecule has 2 aromatic rings. The molecule has 76 valence electrons. The van der Waals surface area contributed by atoms with Gasteiger partial charge < -0.3 is 5.32 Å². The number of anilines is 1. The lowest BCUT2D eigenvalue weighted by molar-refractivity contribution is 1.30. The molecule has 0 spiro atoms. The van der Waals surface area contributed by atoms with E-state index in [1.165, 1.54) is 11.1 Å². The monoisotopic (exact) mass is 198 g/mol. The molecule has 2 rings (SSSR count). The lowest BCUT2D eigenvalue weighted by atomic mass is 10.0. The van der Waals surface area contributed by atoms with E-state index in [4.69, 9.17) is 0 Å². The van der Waals surface area contributed by atoms with E-state index >= 15 is 0 Å². The minimum Gasteiger partial charge on any atom is -0.388 e. The fourth-order valence-corrected chi connectivity index (χ4v) is 1.58. The fraction of sp³-hybridized carbons (Fsp3) is 0.154. The molecular formula is C13H14N2. The van der Waals surface area contributed by atoms with Gasteiger partial charge in [-0.2, -0.15) is 0 Å². The van der Waals surface area contributed by atoms with Gasteiger partial charge in [0, 0.05) is 24.5 Å². The van der Waals surface area contributed by atoms with Crippen molar-refractivity contribution in [3.63, 3.8) is 0 Å². The van der Waals surface area contributed by atoms with Gasteiger partial charge in [-0.15, -0.1) is 0 Å². The van der Waals surface area contributed by atoms with Crippen LogP contribution in [-0.4, -0.2) is 12.0 Å². The topological polar surface area (TPSA) is 24.9 Å². The maximum atomic E-state index is 4.36. The Bertz CT molecular complexity index is 449.